The Bertz CT molecular complexity index is 2780. The van der Waals surface area contributed by atoms with Gasteiger partial charge in [0.2, 0.25) is 0 Å². The molecule has 4 nitrogen and oxygen atoms in total. The second-order valence-electron chi connectivity index (χ2n) is 15.6. The van der Waals surface area contributed by atoms with Crippen molar-refractivity contribution < 1.29 is 0 Å². The van der Waals surface area contributed by atoms with Crippen molar-refractivity contribution >= 4 is 54.4 Å². The highest BCUT2D eigenvalue weighted by Gasteiger charge is 2.23. The number of hydrogen-bond acceptors (Lipinski definition) is 2. The topological polar surface area (TPSA) is 35.6 Å². The van der Waals surface area contributed by atoms with Gasteiger partial charge in [-0.15, -0.1) is 0 Å². The molecule has 0 unspecified atom stereocenters. The molecule has 0 saturated carbocycles. The summed E-state index contributed by atoms with van der Waals surface area (Å²) in [5, 5.41) is 7.36. The number of pyridine rings is 2. The van der Waals surface area contributed by atoms with Crippen LogP contribution in [0.25, 0.3) is 77.1 Å². The lowest BCUT2D eigenvalue weighted by molar-refractivity contribution is 0.588. The molecule has 0 bridgehead atoms. The van der Waals surface area contributed by atoms with Gasteiger partial charge in [-0.25, -0.2) is 4.98 Å². The van der Waals surface area contributed by atoms with Gasteiger partial charge in [-0.2, -0.15) is 0 Å². The van der Waals surface area contributed by atoms with Crippen LogP contribution in [0.3, 0.4) is 0 Å². The maximum atomic E-state index is 4.99. The molecule has 4 aromatic heterocycles. The predicted octanol–water partition coefficient (Wildman–Crippen LogP) is 12.1. The Kier molecular flexibility index (Phi) is 6.60. The Balaban J connectivity index is 1.40. The Morgan fingerprint density at radius 2 is 1.02 bits per heavy atom. The molecule has 9 aromatic rings. The molecular weight excluding hydrogens is 609 g/mol. The molecule has 0 aliphatic heterocycles. The van der Waals surface area contributed by atoms with E-state index in [9.17, 15) is 0 Å². The molecule has 0 fully saturated rings. The number of fused-ring (bicyclic) bond motifs is 8. The van der Waals surface area contributed by atoms with Crippen molar-refractivity contribution in [1.82, 2.24) is 19.1 Å². The normalized spacial score (nSPS) is 12.6. The zero-order valence-corrected chi connectivity index (χ0v) is 29.5. The van der Waals surface area contributed by atoms with Crippen LogP contribution in [0.5, 0.6) is 0 Å². The minimum absolute atomic E-state index is 0.00373. The fraction of sp³-hybridized carbons (Fsp3) is 0.174. The van der Waals surface area contributed by atoms with Gasteiger partial charge < -0.3 is 4.57 Å². The molecular formula is C46H40N4. The summed E-state index contributed by atoms with van der Waals surface area (Å²) in [5.41, 5.74) is 10.4. The first-order chi connectivity index (χ1) is 24.1. The highest BCUT2D eigenvalue weighted by molar-refractivity contribution is 6.24. The van der Waals surface area contributed by atoms with Crippen LogP contribution in [0.15, 0.2) is 134 Å². The number of benzene rings is 5. The lowest BCUT2D eigenvalue weighted by Gasteiger charge is -2.20. The van der Waals surface area contributed by atoms with Gasteiger partial charge in [-0.1, -0.05) is 114 Å². The Morgan fingerprint density at radius 1 is 0.440 bits per heavy atom. The van der Waals surface area contributed by atoms with E-state index in [1.54, 1.807) is 0 Å². The quantitative estimate of drug-likeness (QED) is 0.191. The highest BCUT2D eigenvalue weighted by Crippen LogP contribution is 2.43. The molecule has 4 heteroatoms. The van der Waals surface area contributed by atoms with Crippen molar-refractivity contribution in [3.05, 3.63) is 145 Å². The molecule has 9 rings (SSSR count). The smallest absolute Gasteiger partial charge is 0.137 e. The van der Waals surface area contributed by atoms with Crippen LogP contribution in [0.4, 0.5) is 0 Å². The molecule has 0 amide bonds. The third-order valence-electron chi connectivity index (χ3n) is 10.3. The summed E-state index contributed by atoms with van der Waals surface area (Å²) in [6.45, 7) is 13.5. The molecule has 50 heavy (non-hydrogen) atoms. The van der Waals surface area contributed by atoms with Gasteiger partial charge in [-0.05, 0) is 75.9 Å². The van der Waals surface area contributed by atoms with Crippen LogP contribution < -0.4 is 0 Å². The number of nitrogens with zero attached hydrogens (tertiary/aromatic N) is 4. The summed E-state index contributed by atoms with van der Waals surface area (Å²) < 4.78 is 4.82. The van der Waals surface area contributed by atoms with E-state index in [4.69, 9.17) is 9.97 Å². The van der Waals surface area contributed by atoms with Gasteiger partial charge >= 0.3 is 0 Å². The summed E-state index contributed by atoms with van der Waals surface area (Å²) in [5.74, 6) is 0.930. The predicted molar refractivity (Wildman–Crippen MR) is 211 cm³/mol. The molecule has 4 heterocycles. The van der Waals surface area contributed by atoms with Crippen molar-refractivity contribution in [2.75, 3.05) is 0 Å². The van der Waals surface area contributed by atoms with Crippen molar-refractivity contribution in [2.45, 2.75) is 52.4 Å². The molecule has 5 aromatic carbocycles. The van der Waals surface area contributed by atoms with E-state index in [1.165, 1.54) is 49.0 Å². The first-order valence-corrected chi connectivity index (χ1v) is 17.5. The Labute approximate surface area is 292 Å². The highest BCUT2D eigenvalue weighted by atomic mass is 15.1. The van der Waals surface area contributed by atoms with Crippen molar-refractivity contribution in [3.63, 3.8) is 0 Å². The van der Waals surface area contributed by atoms with Crippen LogP contribution >= 0.6 is 0 Å². The SMILES string of the molecule is CC(C)(C)c1ccnc(-c2ccc3c4ccccc4n(-c4cc5c(c6ccccc46)c4ccccc4n5-c4cc(C(C)(C)C)ccn4)c3c2)c1. The van der Waals surface area contributed by atoms with E-state index < -0.39 is 0 Å². The third kappa shape index (κ3) is 4.66. The second kappa shape index (κ2) is 10.9. The van der Waals surface area contributed by atoms with Gasteiger partial charge in [0.05, 0.1) is 33.4 Å². The van der Waals surface area contributed by atoms with Crippen molar-refractivity contribution in [2.24, 2.45) is 0 Å². The summed E-state index contributed by atoms with van der Waals surface area (Å²) >= 11 is 0. The zero-order valence-electron chi connectivity index (χ0n) is 29.5. The van der Waals surface area contributed by atoms with E-state index in [0.29, 0.717) is 0 Å². The zero-order chi connectivity index (χ0) is 34.4. The molecule has 0 spiro atoms. The van der Waals surface area contributed by atoms with Crippen LogP contribution in [0, 0.1) is 0 Å². The summed E-state index contributed by atoms with van der Waals surface area (Å²) in [4.78, 5) is 9.84. The second-order valence-corrected chi connectivity index (χ2v) is 15.6. The minimum atomic E-state index is -0.00373. The molecule has 0 aliphatic carbocycles. The maximum Gasteiger partial charge on any atom is 0.137 e. The van der Waals surface area contributed by atoms with Crippen molar-refractivity contribution in [3.8, 4) is 22.8 Å². The lowest BCUT2D eigenvalue weighted by Crippen LogP contribution is -2.12. The monoisotopic (exact) mass is 648 g/mol. The molecule has 0 saturated heterocycles. The third-order valence-corrected chi connectivity index (χ3v) is 10.3. The average Bonchev–Trinajstić information content (AvgIpc) is 3.63. The standard InChI is InChI=1S/C46H40N4/c1-45(2,3)30-21-23-47-37(26-30)29-19-20-34-32-13-9-11-17-38(32)49(40(34)25-29)41-28-42-44(35-15-8-7-14-33(35)41)36-16-10-12-18-39(36)50(42)43-27-31(22-24-48-43)46(4,5)6/h7-28H,1-6H3. The van der Waals surface area contributed by atoms with E-state index in [-0.39, 0.29) is 10.8 Å². The minimum Gasteiger partial charge on any atom is -0.309 e. The Hall–Kier alpha value is -5.74. The summed E-state index contributed by atoms with van der Waals surface area (Å²) in [7, 11) is 0. The van der Waals surface area contributed by atoms with E-state index in [1.807, 2.05) is 12.4 Å². The van der Waals surface area contributed by atoms with Gasteiger partial charge in [-0.3, -0.25) is 9.55 Å². The number of aromatic nitrogens is 4. The molecule has 244 valence electrons. The Morgan fingerprint density at radius 3 is 1.74 bits per heavy atom. The lowest BCUT2D eigenvalue weighted by atomic mass is 9.87. The maximum absolute atomic E-state index is 4.99. The van der Waals surface area contributed by atoms with Gasteiger partial charge in [0, 0.05) is 44.9 Å². The average molecular weight is 649 g/mol. The fourth-order valence-corrected chi connectivity index (χ4v) is 7.69. The van der Waals surface area contributed by atoms with Crippen LogP contribution in [-0.2, 0) is 10.8 Å². The van der Waals surface area contributed by atoms with Crippen molar-refractivity contribution in [1.29, 1.82) is 0 Å². The fourth-order valence-electron chi connectivity index (χ4n) is 7.69. The van der Waals surface area contributed by atoms with Gasteiger partial charge in [0.25, 0.3) is 0 Å². The largest absolute Gasteiger partial charge is 0.309 e. The molecule has 0 N–H and O–H groups in total. The van der Waals surface area contributed by atoms with E-state index >= 15 is 0 Å². The number of hydrogen-bond donors (Lipinski definition) is 0. The number of rotatable bonds is 3. The van der Waals surface area contributed by atoms with Crippen LogP contribution in [-0.4, -0.2) is 19.1 Å². The van der Waals surface area contributed by atoms with Gasteiger partial charge in [0.15, 0.2) is 0 Å². The van der Waals surface area contributed by atoms with E-state index in [0.717, 1.165) is 39.3 Å². The summed E-state index contributed by atoms with van der Waals surface area (Å²) in [6.07, 6.45) is 3.90. The molecule has 0 aliphatic rings. The van der Waals surface area contributed by atoms with E-state index in [2.05, 4.69) is 172 Å². The number of para-hydroxylation sites is 2. The molecule has 0 atom stereocenters. The molecule has 0 radical (unpaired) electrons. The first kappa shape index (κ1) is 30.3. The van der Waals surface area contributed by atoms with Crippen LogP contribution in [0.1, 0.15) is 52.7 Å². The van der Waals surface area contributed by atoms with Gasteiger partial charge in [0.1, 0.15) is 5.82 Å². The first-order valence-electron chi connectivity index (χ1n) is 17.5. The van der Waals surface area contributed by atoms with Crippen LogP contribution in [0.2, 0.25) is 0 Å². The summed E-state index contributed by atoms with van der Waals surface area (Å²) in [6, 6.07) is 44.4.